The first kappa shape index (κ1) is 13.1. The highest BCUT2D eigenvalue weighted by Crippen LogP contribution is 2.20. The van der Waals surface area contributed by atoms with E-state index < -0.39 is 0 Å². The fraction of sp³-hybridized carbons (Fsp3) is 0.133. The first-order valence-electron chi connectivity index (χ1n) is 6.65. The maximum absolute atomic E-state index is 5.95. The first-order valence-corrected chi connectivity index (χ1v) is 6.65. The fourth-order valence-corrected chi connectivity index (χ4v) is 2.13. The molecule has 2 aromatic carbocycles. The summed E-state index contributed by atoms with van der Waals surface area (Å²) in [6.45, 7) is 2.70. The van der Waals surface area contributed by atoms with Gasteiger partial charge in [-0.15, -0.1) is 5.10 Å². The van der Waals surface area contributed by atoms with Gasteiger partial charge in [0.25, 0.3) is 0 Å². The van der Waals surface area contributed by atoms with Crippen LogP contribution in [0, 0.1) is 6.92 Å². The van der Waals surface area contributed by atoms with Crippen molar-refractivity contribution in [3.8, 4) is 5.69 Å². The zero-order valence-electron chi connectivity index (χ0n) is 11.7. The third kappa shape index (κ3) is 2.84. The van der Waals surface area contributed by atoms with Gasteiger partial charge in [0.2, 0.25) is 0 Å². The van der Waals surface area contributed by atoms with Gasteiger partial charge in [0.1, 0.15) is 6.33 Å². The standard InChI is InChI=1S/C15H16N6/c1-11-6-7-13(8-15(11)21-10-18-19-20-21)17-9-12-4-2-3-5-14(12)16/h2-8,10,17H,9,16H2,1H3. The Morgan fingerprint density at radius 1 is 1.19 bits per heavy atom. The molecule has 106 valence electrons. The van der Waals surface area contributed by atoms with Gasteiger partial charge in [-0.25, -0.2) is 4.68 Å². The second-order valence-electron chi connectivity index (χ2n) is 4.81. The monoisotopic (exact) mass is 280 g/mol. The van der Waals surface area contributed by atoms with Gasteiger partial charge in [-0.2, -0.15) is 0 Å². The van der Waals surface area contributed by atoms with Crippen LogP contribution in [0.3, 0.4) is 0 Å². The van der Waals surface area contributed by atoms with Crippen LogP contribution in [0.25, 0.3) is 5.69 Å². The Hall–Kier alpha value is -2.89. The van der Waals surface area contributed by atoms with E-state index in [1.165, 1.54) is 0 Å². The first-order chi connectivity index (χ1) is 10.2. The minimum Gasteiger partial charge on any atom is -0.398 e. The minimum absolute atomic E-state index is 0.671. The molecule has 1 aromatic heterocycles. The number of para-hydroxylation sites is 1. The molecule has 6 nitrogen and oxygen atoms in total. The van der Waals surface area contributed by atoms with Crippen LogP contribution in [0.15, 0.2) is 48.8 Å². The molecule has 0 aliphatic rings. The zero-order valence-corrected chi connectivity index (χ0v) is 11.7. The van der Waals surface area contributed by atoms with Gasteiger partial charge in [-0.1, -0.05) is 24.3 Å². The average Bonchev–Trinajstić information content (AvgIpc) is 3.02. The highest BCUT2D eigenvalue weighted by molar-refractivity contribution is 5.56. The molecule has 0 saturated carbocycles. The number of rotatable bonds is 4. The Balaban J connectivity index is 1.81. The molecule has 3 N–H and O–H groups in total. The highest BCUT2D eigenvalue weighted by atomic mass is 15.5. The molecule has 0 bridgehead atoms. The van der Waals surface area contributed by atoms with Crippen molar-refractivity contribution in [2.24, 2.45) is 0 Å². The zero-order chi connectivity index (χ0) is 14.7. The molecular weight excluding hydrogens is 264 g/mol. The summed E-state index contributed by atoms with van der Waals surface area (Å²) < 4.78 is 1.65. The number of benzene rings is 2. The van der Waals surface area contributed by atoms with E-state index in [1.807, 2.05) is 49.4 Å². The summed E-state index contributed by atoms with van der Waals surface area (Å²) in [5, 5.41) is 14.6. The number of nitrogens with two attached hydrogens (primary N) is 1. The number of hydrogen-bond acceptors (Lipinski definition) is 5. The Labute approximate surface area is 122 Å². The quantitative estimate of drug-likeness (QED) is 0.716. The summed E-state index contributed by atoms with van der Waals surface area (Å²) >= 11 is 0. The predicted molar refractivity (Wildman–Crippen MR) is 82.1 cm³/mol. The molecule has 3 rings (SSSR count). The Bertz CT molecular complexity index is 736. The summed E-state index contributed by atoms with van der Waals surface area (Å²) in [6.07, 6.45) is 1.58. The van der Waals surface area contributed by atoms with Crippen molar-refractivity contribution in [1.82, 2.24) is 20.2 Å². The summed E-state index contributed by atoms with van der Waals surface area (Å²) in [5.74, 6) is 0. The number of hydrogen-bond donors (Lipinski definition) is 2. The second kappa shape index (κ2) is 5.62. The van der Waals surface area contributed by atoms with Crippen molar-refractivity contribution in [3.63, 3.8) is 0 Å². The van der Waals surface area contributed by atoms with Crippen LogP contribution in [0.5, 0.6) is 0 Å². The van der Waals surface area contributed by atoms with E-state index in [1.54, 1.807) is 11.0 Å². The SMILES string of the molecule is Cc1ccc(NCc2ccccc2N)cc1-n1cnnn1. The van der Waals surface area contributed by atoms with Gasteiger partial charge >= 0.3 is 0 Å². The van der Waals surface area contributed by atoms with Gasteiger partial charge in [-0.05, 0) is 46.7 Å². The summed E-state index contributed by atoms with van der Waals surface area (Å²) in [7, 11) is 0. The van der Waals surface area contributed by atoms with Gasteiger partial charge < -0.3 is 11.1 Å². The Kier molecular flexibility index (Phi) is 3.51. The highest BCUT2D eigenvalue weighted by Gasteiger charge is 2.05. The van der Waals surface area contributed by atoms with Crippen LogP contribution < -0.4 is 11.1 Å². The third-order valence-electron chi connectivity index (χ3n) is 3.34. The molecular formula is C15H16N6. The van der Waals surface area contributed by atoms with Crippen molar-refractivity contribution in [2.45, 2.75) is 13.5 Å². The van der Waals surface area contributed by atoms with Crippen molar-refractivity contribution in [3.05, 3.63) is 59.9 Å². The lowest BCUT2D eigenvalue weighted by Crippen LogP contribution is -2.04. The van der Waals surface area contributed by atoms with Crippen molar-refractivity contribution in [2.75, 3.05) is 11.1 Å². The normalized spacial score (nSPS) is 10.5. The van der Waals surface area contributed by atoms with Gasteiger partial charge in [0.15, 0.2) is 0 Å². The minimum atomic E-state index is 0.671. The predicted octanol–water partition coefficient (Wildman–Crippen LogP) is 2.17. The van der Waals surface area contributed by atoms with Crippen molar-refractivity contribution < 1.29 is 0 Å². The topological polar surface area (TPSA) is 81.6 Å². The van der Waals surface area contributed by atoms with Crippen LogP contribution in [-0.4, -0.2) is 20.2 Å². The number of nitrogen functional groups attached to an aromatic ring is 1. The molecule has 0 atom stereocenters. The van der Waals surface area contributed by atoms with Crippen LogP contribution in [0.4, 0.5) is 11.4 Å². The number of aryl methyl sites for hydroxylation is 1. The third-order valence-corrected chi connectivity index (χ3v) is 3.34. The summed E-state index contributed by atoms with van der Waals surface area (Å²) in [5.41, 5.74) is 10.9. The fourth-order valence-electron chi connectivity index (χ4n) is 2.13. The molecule has 0 radical (unpaired) electrons. The molecule has 0 aliphatic heterocycles. The number of anilines is 2. The molecule has 1 heterocycles. The lowest BCUT2D eigenvalue weighted by atomic mass is 10.1. The molecule has 0 unspecified atom stereocenters. The van der Waals surface area contributed by atoms with E-state index in [4.69, 9.17) is 5.73 Å². The van der Waals surface area contributed by atoms with Gasteiger partial charge in [0, 0.05) is 17.9 Å². The maximum atomic E-state index is 5.95. The molecule has 0 saturated heterocycles. The van der Waals surface area contributed by atoms with Crippen molar-refractivity contribution in [1.29, 1.82) is 0 Å². The average molecular weight is 280 g/mol. The molecule has 3 aromatic rings. The van der Waals surface area contributed by atoms with Crippen LogP contribution in [-0.2, 0) is 6.54 Å². The van der Waals surface area contributed by atoms with E-state index in [9.17, 15) is 0 Å². The molecule has 0 aliphatic carbocycles. The maximum Gasteiger partial charge on any atom is 0.143 e. The molecule has 6 heteroatoms. The van der Waals surface area contributed by atoms with Crippen molar-refractivity contribution >= 4 is 11.4 Å². The number of nitrogens with zero attached hydrogens (tertiary/aromatic N) is 4. The molecule has 0 amide bonds. The second-order valence-corrected chi connectivity index (χ2v) is 4.81. The van der Waals surface area contributed by atoms with Crippen LogP contribution in [0.1, 0.15) is 11.1 Å². The van der Waals surface area contributed by atoms with Crippen LogP contribution >= 0.6 is 0 Å². The lowest BCUT2D eigenvalue weighted by Gasteiger charge is -2.11. The molecule has 21 heavy (non-hydrogen) atoms. The number of nitrogens with one attached hydrogen (secondary N) is 1. The van der Waals surface area contributed by atoms with Gasteiger partial charge in [-0.3, -0.25) is 0 Å². The largest absolute Gasteiger partial charge is 0.398 e. The molecule has 0 fully saturated rings. The van der Waals surface area contributed by atoms with Gasteiger partial charge in [0.05, 0.1) is 5.69 Å². The molecule has 0 spiro atoms. The van der Waals surface area contributed by atoms with E-state index in [0.717, 1.165) is 28.2 Å². The number of tetrazole rings is 1. The number of aromatic nitrogens is 4. The van der Waals surface area contributed by atoms with E-state index in [-0.39, 0.29) is 0 Å². The van der Waals surface area contributed by atoms with Crippen LogP contribution in [0.2, 0.25) is 0 Å². The summed E-state index contributed by atoms with van der Waals surface area (Å²) in [6, 6.07) is 13.9. The summed E-state index contributed by atoms with van der Waals surface area (Å²) in [4.78, 5) is 0. The lowest BCUT2D eigenvalue weighted by molar-refractivity contribution is 0.785. The van der Waals surface area contributed by atoms with E-state index in [2.05, 4.69) is 20.8 Å². The Morgan fingerprint density at radius 2 is 2.05 bits per heavy atom. The Morgan fingerprint density at radius 3 is 2.81 bits per heavy atom. The van der Waals surface area contributed by atoms with E-state index in [0.29, 0.717) is 6.54 Å². The van der Waals surface area contributed by atoms with E-state index >= 15 is 0 Å². The smallest absolute Gasteiger partial charge is 0.143 e.